The predicted octanol–water partition coefficient (Wildman–Crippen LogP) is 3.08. The molecule has 15 heavy (non-hydrogen) atoms. The Morgan fingerprint density at radius 2 is 2.33 bits per heavy atom. The molecule has 1 N–H and O–H groups in total. The summed E-state index contributed by atoms with van der Waals surface area (Å²) in [5, 5.41) is 9.73. The van der Waals surface area contributed by atoms with Crippen molar-refractivity contribution in [1.82, 2.24) is 0 Å². The van der Waals surface area contributed by atoms with Crippen LogP contribution in [0.5, 0.6) is 0 Å². The van der Waals surface area contributed by atoms with E-state index in [0.29, 0.717) is 6.42 Å². The smallest absolute Gasteiger partial charge is 0.306 e. The number of benzene rings is 1. The molecule has 0 aromatic heterocycles. The summed E-state index contributed by atoms with van der Waals surface area (Å²) in [4.78, 5) is 12.1. The summed E-state index contributed by atoms with van der Waals surface area (Å²) in [7, 11) is 0. The number of thioether (sulfide) groups is 1. The van der Waals surface area contributed by atoms with Gasteiger partial charge in [0.1, 0.15) is 0 Å². The van der Waals surface area contributed by atoms with Gasteiger partial charge in [-0.25, -0.2) is 0 Å². The van der Waals surface area contributed by atoms with Crippen LogP contribution >= 0.6 is 23.4 Å². The van der Waals surface area contributed by atoms with Crippen molar-refractivity contribution in [2.24, 2.45) is 5.92 Å². The number of carboxylic acid groups (broad SMARTS) is 1. The van der Waals surface area contributed by atoms with Crippen LogP contribution in [0.3, 0.4) is 0 Å². The van der Waals surface area contributed by atoms with Crippen molar-refractivity contribution in [3.05, 3.63) is 28.8 Å². The molecule has 4 heteroatoms. The molecule has 0 spiro atoms. The minimum atomic E-state index is -0.696. The molecule has 0 bridgehead atoms. The van der Waals surface area contributed by atoms with Crippen LogP contribution in [0.4, 0.5) is 0 Å². The van der Waals surface area contributed by atoms with Crippen LogP contribution in [0.25, 0.3) is 0 Å². The number of halogens is 1. The second-order valence-electron chi connectivity index (χ2n) is 3.63. The maximum Gasteiger partial charge on any atom is 0.306 e. The summed E-state index contributed by atoms with van der Waals surface area (Å²) in [6, 6.07) is 5.68. The Bertz CT molecular complexity index is 392. The summed E-state index contributed by atoms with van der Waals surface area (Å²) >= 11 is 7.60. The monoisotopic (exact) mass is 242 g/mol. The average Bonchev–Trinajstić information content (AvgIpc) is 2.39. The summed E-state index contributed by atoms with van der Waals surface area (Å²) < 4.78 is 0. The highest BCUT2D eigenvalue weighted by atomic mass is 35.5. The number of hydrogen-bond donors (Lipinski definition) is 1. The molecule has 1 atom stereocenters. The molecule has 1 aromatic carbocycles. The number of rotatable bonds is 1. The van der Waals surface area contributed by atoms with Gasteiger partial charge in [0.05, 0.1) is 5.92 Å². The van der Waals surface area contributed by atoms with E-state index in [4.69, 9.17) is 16.7 Å². The first-order valence-electron chi connectivity index (χ1n) is 4.81. The maximum atomic E-state index is 10.9. The zero-order chi connectivity index (χ0) is 10.8. The van der Waals surface area contributed by atoms with E-state index in [2.05, 4.69) is 0 Å². The second-order valence-corrected chi connectivity index (χ2v) is 5.20. The predicted molar refractivity (Wildman–Crippen MR) is 61.6 cm³/mol. The molecule has 1 aliphatic rings. The fraction of sp³-hybridized carbons (Fsp3) is 0.364. The Morgan fingerprint density at radius 1 is 1.53 bits per heavy atom. The minimum absolute atomic E-state index is 0.250. The topological polar surface area (TPSA) is 37.3 Å². The van der Waals surface area contributed by atoms with Gasteiger partial charge in [0.15, 0.2) is 0 Å². The van der Waals surface area contributed by atoms with E-state index < -0.39 is 5.97 Å². The molecule has 2 rings (SSSR count). The molecule has 1 aromatic rings. The Morgan fingerprint density at radius 3 is 3.07 bits per heavy atom. The number of carboxylic acids is 1. The van der Waals surface area contributed by atoms with Gasteiger partial charge in [-0.15, -0.1) is 11.8 Å². The van der Waals surface area contributed by atoms with Gasteiger partial charge in [-0.3, -0.25) is 4.79 Å². The Kier molecular flexibility index (Phi) is 3.22. The molecular formula is C11H11ClO2S. The van der Waals surface area contributed by atoms with E-state index >= 15 is 0 Å². The van der Waals surface area contributed by atoms with Crippen LogP contribution in [-0.4, -0.2) is 16.8 Å². The van der Waals surface area contributed by atoms with E-state index in [-0.39, 0.29) is 5.92 Å². The normalized spacial score (nSPS) is 20.5. The van der Waals surface area contributed by atoms with E-state index in [1.165, 1.54) is 0 Å². The van der Waals surface area contributed by atoms with Gasteiger partial charge in [-0.1, -0.05) is 17.7 Å². The van der Waals surface area contributed by atoms with Crippen LogP contribution < -0.4 is 0 Å². The third kappa shape index (κ3) is 2.47. The number of fused-ring (bicyclic) bond motifs is 1. The lowest BCUT2D eigenvalue weighted by Gasteiger charge is -2.08. The fourth-order valence-electron chi connectivity index (χ4n) is 1.72. The van der Waals surface area contributed by atoms with Gasteiger partial charge in [0.25, 0.3) is 0 Å². The molecule has 0 fully saturated rings. The summed E-state index contributed by atoms with van der Waals surface area (Å²) in [5.74, 6) is -0.0945. The first-order valence-corrected chi connectivity index (χ1v) is 6.17. The van der Waals surface area contributed by atoms with Crippen LogP contribution in [0.15, 0.2) is 23.1 Å². The number of hydrogen-bond acceptors (Lipinski definition) is 2. The second kappa shape index (κ2) is 4.45. The lowest BCUT2D eigenvalue weighted by atomic mass is 9.97. The molecule has 0 aliphatic carbocycles. The van der Waals surface area contributed by atoms with E-state index in [0.717, 1.165) is 27.7 Å². The number of aliphatic carboxylic acids is 1. The molecule has 0 amide bonds. The molecule has 0 radical (unpaired) electrons. The molecule has 80 valence electrons. The highest BCUT2D eigenvalue weighted by molar-refractivity contribution is 7.99. The number of carbonyl (C=O) groups is 1. The summed E-state index contributed by atoms with van der Waals surface area (Å²) in [5.41, 5.74) is 1.11. The molecule has 0 saturated carbocycles. The van der Waals surface area contributed by atoms with E-state index in [9.17, 15) is 4.79 Å². The van der Waals surface area contributed by atoms with Gasteiger partial charge in [0.2, 0.25) is 0 Å². The zero-order valence-corrected chi connectivity index (χ0v) is 9.64. The fourth-order valence-corrected chi connectivity index (χ4v) is 3.13. The van der Waals surface area contributed by atoms with Crippen molar-refractivity contribution in [2.75, 3.05) is 5.75 Å². The van der Waals surface area contributed by atoms with Crippen molar-refractivity contribution in [2.45, 2.75) is 17.7 Å². The first kappa shape index (κ1) is 10.8. The lowest BCUT2D eigenvalue weighted by molar-refractivity contribution is -0.141. The largest absolute Gasteiger partial charge is 0.481 e. The van der Waals surface area contributed by atoms with Gasteiger partial charge in [-0.05, 0) is 36.3 Å². The quantitative estimate of drug-likeness (QED) is 0.822. The van der Waals surface area contributed by atoms with E-state index in [1.807, 2.05) is 18.2 Å². The maximum absolute atomic E-state index is 10.9. The van der Waals surface area contributed by atoms with E-state index in [1.54, 1.807) is 11.8 Å². The molecular weight excluding hydrogens is 232 g/mol. The third-order valence-electron chi connectivity index (χ3n) is 2.57. The minimum Gasteiger partial charge on any atom is -0.481 e. The van der Waals surface area contributed by atoms with Gasteiger partial charge in [0, 0.05) is 9.92 Å². The first-order chi connectivity index (χ1) is 7.16. The van der Waals surface area contributed by atoms with Crippen molar-refractivity contribution in [3.8, 4) is 0 Å². The SMILES string of the molecule is O=C(O)C1CCSc2cc(Cl)ccc2C1. The van der Waals surface area contributed by atoms with Crippen LogP contribution in [-0.2, 0) is 11.2 Å². The standard InChI is InChI=1S/C11H11ClO2S/c12-9-2-1-7-5-8(11(13)14)3-4-15-10(7)6-9/h1-2,6,8H,3-5H2,(H,13,14). The Labute approximate surface area is 97.6 Å². The van der Waals surface area contributed by atoms with Gasteiger partial charge in [-0.2, -0.15) is 0 Å². The van der Waals surface area contributed by atoms with Crippen molar-refractivity contribution in [3.63, 3.8) is 0 Å². The third-order valence-corrected chi connectivity index (χ3v) is 3.93. The average molecular weight is 243 g/mol. The molecule has 2 nitrogen and oxygen atoms in total. The molecule has 1 unspecified atom stereocenters. The van der Waals surface area contributed by atoms with Gasteiger partial charge < -0.3 is 5.11 Å². The molecule has 1 aliphatic heterocycles. The van der Waals surface area contributed by atoms with Crippen LogP contribution in [0.1, 0.15) is 12.0 Å². The van der Waals surface area contributed by atoms with Crippen molar-refractivity contribution < 1.29 is 9.90 Å². The Hall–Kier alpha value is -0.670. The van der Waals surface area contributed by atoms with Gasteiger partial charge >= 0.3 is 5.97 Å². The van der Waals surface area contributed by atoms with Crippen LogP contribution in [0, 0.1) is 5.92 Å². The highest BCUT2D eigenvalue weighted by Crippen LogP contribution is 2.33. The summed E-state index contributed by atoms with van der Waals surface area (Å²) in [6.07, 6.45) is 1.35. The van der Waals surface area contributed by atoms with Crippen molar-refractivity contribution >= 4 is 29.3 Å². The summed E-state index contributed by atoms with van der Waals surface area (Å²) in [6.45, 7) is 0. The van der Waals surface area contributed by atoms with Crippen molar-refractivity contribution in [1.29, 1.82) is 0 Å². The Balaban J connectivity index is 2.29. The zero-order valence-electron chi connectivity index (χ0n) is 8.07. The lowest BCUT2D eigenvalue weighted by Crippen LogP contribution is -2.16. The highest BCUT2D eigenvalue weighted by Gasteiger charge is 2.22. The van der Waals surface area contributed by atoms with Crippen LogP contribution in [0.2, 0.25) is 5.02 Å². The molecule has 1 heterocycles. The molecule has 0 saturated heterocycles.